The highest BCUT2D eigenvalue weighted by molar-refractivity contribution is 5.76. The van der Waals surface area contributed by atoms with E-state index in [0.717, 1.165) is 18.8 Å². The zero-order valence-corrected chi connectivity index (χ0v) is 14.6. The summed E-state index contributed by atoms with van der Waals surface area (Å²) in [5.41, 5.74) is 1.18. The minimum atomic E-state index is -0.367. The second-order valence-corrected chi connectivity index (χ2v) is 8.04. The van der Waals surface area contributed by atoms with Gasteiger partial charge in [-0.1, -0.05) is 39.3 Å². The number of esters is 1. The largest absolute Gasteiger partial charge is 0.461 e. The van der Waals surface area contributed by atoms with Gasteiger partial charge < -0.3 is 4.74 Å². The van der Waals surface area contributed by atoms with E-state index >= 15 is 0 Å². The summed E-state index contributed by atoms with van der Waals surface area (Å²) in [6.45, 7) is 13.0. The normalized spacial score (nSPS) is 36.7. The van der Waals surface area contributed by atoms with E-state index < -0.39 is 0 Å². The molecule has 2 aliphatic rings. The molecule has 2 rings (SSSR count). The van der Waals surface area contributed by atoms with Crippen molar-refractivity contribution in [1.29, 1.82) is 0 Å². The lowest BCUT2D eigenvalue weighted by Gasteiger charge is -2.44. The molecule has 0 aliphatic heterocycles. The zero-order valence-electron chi connectivity index (χ0n) is 14.6. The Bertz CT molecular complexity index is 421. The summed E-state index contributed by atoms with van der Waals surface area (Å²) in [7, 11) is 0. The van der Waals surface area contributed by atoms with Crippen molar-refractivity contribution in [3.8, 4) is 0 Å². The molecule has 2 aliphatic carbocycles. The molecule has 0 aromatic rings. The highest BCUT2D eigenvalue weighted by Gasteiger charge is 2.42. The number of allylic oxidation sites excluding steroid dienone is 1. The summed E-state index contributed by atoms with van der Waals surface area (Å²) >= 11 is 0. The molecule has 1 fully saturated rings. The van der Waals surface area contributed by atoms with Crippen LogP contribution in [0.25, 0.3) is 0 Å². The smallest absolute Gasteiger partial charge is 0.311 e. The van der Waals surface area contributed by atoms with Crippen molar-refractivity contribution in [2.75, 3.05) is 0 Å². The van der Waals surface area contributed by atoms with Crippen LogP contribution in [-0.4, -0.2) is 12.1 Å². The summed E-state index contributed by atoms with van der Waals surface area (Å²) in [5.74, 6) is 2.29. The van der Waals surface area contributed by atoms with Crippen LogP contribution >= 0.6 is 0 Å². The van der Waals surface area contributed by atoms with Gasteiger partial charge in [-0.2, -0.15) is 0 Å². The van der Waals surface area contributed by atoms with Gasteiger partial charge in [-0.25, -0.2) is 0 Å². The average molecular weight is 292 g/mol. The summed E-state index contributed by atoms with van der Waals surface area (Å²) in [6, 6.07) is 0. The molecule has 2 heteroatoms. The van der Waals surface area contributed by atoms with Gasteiger partial charge in [0, 0.05) is 5.92 Å². The predicted molar refractivity (Wildman–Crippen MR) is 86.9 cm³/mol. The van der Waals surface area contributed by atoms with Crippen LogP contribution < -0.4 is 0 Å². The lowest BCUT2D eigenvalue weighted by molar-refractivity contribution is -0.165. The van der Waals surface area contributed by atoms with Crippen LogP contribution in [-0.2, 0) is 9.53 Å². The third-order valence-corrected chi connectivity index (χ3v) is 5.98. The van der Waals surface area contributed by atoms with E-state index in [1.807, 2.05) is 13.8 Å². The highest BCUT2D eigenvalue weighted by Crippen LogP contribution is 2.46. The van der Waals surface area contributed by atoms with Crippen LogP contribution in [0, 0.1) is 29.1 Å². The Morgan fingerprint density at radius 2 is 2.00 bits per heavy atom. The van der Waals surface area contributed by atoms with Crippen molar-refractivity contribution in [3.05, 3.63) is 11.6 Å². The average Bonchev–Trinajstić information content (AvgIpc) is 2.42. The predicted octanol–water partition coefficient (Wildman–Crippen LogP) is 4.98. The first-order valence-electron chi connectivity index (χ1n) is 8.68. The van der Waals surface area contributed by atoms with E-state index in [2.05, 4.69) is 33.8 Å². The molecule has 5 atom stereocenters. The third kappa shape index (κ3) is 3.35. The number of carbonyl (C=O) groups excluding carboxylic acids is 1. The molecular weight excluding hydrogens is 260 g/mol. The number of fused-ring (bicyclic) bond motifs is 1. The quantitative estimate of drug-likeness (QED) is 0.541. The maximum Gasteiger partial charge on any atom is 0.311 e. The topological polar surface area (TPSA) is 26.3 Å². The van der Waals surface area contributed by atoms with Crippen LogP contribution in [0.3, 0.4) is 0 Å². The van der Waals surface area contributed by atoms with Crippen LogP contribution in [0.15, 0.2) is 11.6 Å². The Hall–Kier alpha value is -0.790. The molecule has 0 aromatic heterocycles. The van der Waals surface area contributed by atoms with Crippen molar-refractivity contribution < 1.29 is 9.53 Å². The van der Waals surface area contributed by atoms with Crippen molar-refractivity contribution in [3.63, 3.8) is 0 Å². The van der Waals surface area contributed by atoms with Gasteiger partial charge in [0.2, 0.25) is 0 Å². The Balaban J connectivity index is 2.18. The second-order valence-electron chi connectivity index (χ2n) is 8.04. The van der Waals surface area contributed by atoms with Crippen LogP contribution in [0.1, 0.15) is 67.2 Å². The molecule has 0 aromatic carbocycles. The molecule has 0 radical (unpaired) electrons. The molecule has 0 bridgehead atoms. The van der Waals surface area contributed by atoms with Crippen LogP contribution in [0.4, 0.5) is 0 Å². The Labute approximate surface area is 130 Å². The van der Waals surface area contributed by atoms with Gasteiger partial charge in [0.05, 0.1) is 5.41 Å². The Morgan fingerprint density at radius 3 is 2.62 bits per heavy atom. The van der Waals surface area contributed by atoms with E-state index in [9.17, 15) is 4.79 Å². The van der Waals surface area contributed by atoms with Gasteiger partial charge in [0.15, 0.2) is 0 Å². The maximum absolute atomic E-state index is 12.5. The lowest BCUT2D eigenvalue weighted by Crippen LogP contribution is -2.43. The maximum atomic E-state index is 12.5. The molecule has 120 valence electrons. The number of hydrogen-bond acceptors (Lipinski definition) is 2. The van der Waals surface area contributed by atoms with Gasteiger partial charge in [0.1, 0.15) is 6.10 Å². The fourth-order valence-electron chi connectivity index (χ4n) is 3.80. The van der Waals surface area contributed by atoms with E-state index in [0.29, 0.717) is 17.8 Å². The molecule has 0 amide bonds. The Kier molecular flexibility index (Phi) is 4.85. The van der Waals surface area contributed by atoms with Crippen molar-refractivity contribution >= 4 is 5.97 Å². The van der Waals surface area contributed by atoms with Gasteiger partial charge in [-0.3, -0.25) is 4.79 Å². The minimum absolute atomic E-state index is 0.0196. The van der Waals surface area contributed by atoms with E-state index in [-0.39, 0.29) is 17.5 Å². The summed E-state index contributed by atoms with van der Waals surface area (Å²) in [4.78, 5) is 12.5. The molecule has 1 saturated carbocycles. The zero-order chi connectivity index (χ0) is 15.8. The van der Waals surface area contributed by atoms with E-state index in [1.54, 1.807) is 5.57 Å². The number of rotatable bonds is 3. The second kappa shape index (κ2) is 6.14. The summed E-state index contributed by atoms with van der Waals surface area (Å²) < 4.78 is 6.03. The first-order valence-corrected chi connectivity index (χ1v) is 8.68. The Morgan fingerprint density at radius 1 is 1.33 bits per heavy atom. The van der Waals surface area contributed by atoms with E-state index in [1.165, 1.54) is 12.8 Å². The van der Waals surface area contributed by atoms with Crippen LogP contribution in [0.2, 0.25) is 0 Å². The number of ether oxygens (including phenoxy) is 1. The molecule has 0 heterocycles. The fraction of sp³-hybridized carbons (Fsp3) is 0.842. The molecule has 0 saturated heterocycles. The molecule has 2 nitrogen and oxygen atoms in total. The SMILES string of the molecule is CCC(C)(C)C(=O)O[C@H]1C[C@@H](C)C=C2CCC(C)C(C)C21. The monoisotopic (exact) mass is 292 g/mol. The molecular formula is C19H32O2. The van der Waals surface area contributed by atoms with Crippen molar-refractivity contribution in [1.82, 2.24) is 0 Å². The van der Waals surface area contributed by atoms with Crippen LogP contribution in [0.5, 0.6) is 0 Å². The van der Waals surface area contributed by atoms with E-state index in [4.69, 9.17) is 4.74 Å². The first-order chi connectivity index (χ1) is 9.76. The van der Waals surface area contributed by atoms with Crippen molar-refractivity contribution in [2.24, 2.45) is 29.1 Å². The first kappa shape index (κ1) is 16.6. The van der Waals surface area contributed by atoms with Gasteiger partial charge in [0.25, 0.3) is 0 Å². The molecule has 3 unspecified atom stereocenters. The minimum Gasteiger partial charge on any atom is -0.461 e. The summed E-state index contributed by atoms with van der Waals surface area (Å²) in [5, 5.41) is 0. The third-order valence-electron chi connectivity index (χ3n) is 5.98. The molecule has 0 N–H and O–H groups in total. The highest BCUT2D eigenvalue weighted by atomic mass is 16.5. The number of hydrogen-bond donors (Lipinski definition) is 0. The fourth-order valence-corrected chi connectivity index (χ4v) is 3.80. The van der Waals surface area contributed by atoms with Gasteiger partial charge >= 0.3 is 5.97 Å². The van der Waals surface area contributed by atoms with Crippen molar-refractivity contribution in [2.45, 2.75) is 73.3 Å². The van der Waals surface area contributed by atoms with Gasteiger partial charge in [-0.15, -0.1) is 0 Å². The lowest BCUT2D eigenvalue weighted by atomic mass is 9.64. The summed E-state index contributed by atoms with van der Waals surface area (Å²) in [6.07, 6.45) is 6.80. The molecule has 21 heavy (non-hydrogen) atoms. The standard InChI is InChI=1S/C19H32O2/c1-7-19(5,6)18(20)21-16-11-12(2)10-15-9-8-13(3)14(4)17(15)16/h10,12-14,16-17H,7-9,11H2,1-6H3/t12-,13?,14?,16-,17?/m0/s1. The number of carbonyl (C=O) groups is 1. The molecule has 0 spiro atoms. The van der Waals surface area contributed by atoms with Gasteiger partial charge in [-0.05, 0) is 57.3 Å².